The number of aryl methyl sites for hydroxylation is 3. The molecule has 0 unspecified atom stereocenters. The van der Waals surface area contributed by atoms with Gasteiger partial charge in [0, 0.05) is 29.8 Å². The number of aromatic nitrogens is 4. The van der Waals surface area contributed by atoms with Crippen LogP contribution >= 0.6 is 0 Å². The van der Waals surface area contributed by atoms with Gasteiger partial charge in [0.1, 0.15) is 0 Å². The predicted molar refractivity (Wildman–Crippen MR) is 141 cm³/mol. The number of nitrogens with zero attached hydrogens (tertiary/aromatic N) is 4. The molecule has 0 radical (unpaired) electrons. The second-order valence-electron chi connectivity index (χ2n) is 9.20. The van der Waals surface area contributed by atoms with E-state index in [0.717, 1.165) is 33.2 Å². The van der Waals surface area contributed by atoms with Crippen LogP contribution in [0.2, 0.25) is 0 Å². The highest BCUT2D eigenvalue weighted by atomic mass is 16.5. The SMILES string of the molecule is CCOC(=O)C[C@H](c1ccccc1)n1c(=O)n(Cc2cn(C)c3cccc(C)c23)c2ccc(C)nc21. The van der Waals surface area contributed by atoms with Crippen molar-refractivity contribution in [2.75, 3.05) is 6.61 Å². The van der Waals surface area contributed by atoms with Gasteiger partial charge in [-0.3, -0.25) is 13.9 Å². The normalized spacial score (nSPS) is 12.3. The number of imidazole rings is 1. The first kappa shape index (κ1) is 23.6. The second kappa shape index (κ2) is 9.49. The molecule has 1 atom stereocenters. The molecule has 0 aliphatic heterocycles. The maximum absolute atomic E-state index is 14.1. The van der Waals surface area contributed by atoms with Gasteiger partial charge in [-0.15, -0.1) is 0 Å². The van der Waals surface area contributed by atoms with Gasteiger partial charge >= 0.3 is 11.7 Å². The quantitative estimate of drug-likeness (QED) is 0.310. The number of esters is 1. The van der Waals surface area contributed by atoms with E-state index in [4.69, 9.17) is 9.72 Å². The first-order valence-electron chi connectivity index (χ1n) is 12.2. The van der Waals surface area contributed by atoms with Crippen molar-refractivity contribution >= 4 is 28.0 Å². The number of rotatable bonds is 7. The van der Waals surface area contributed by atoms with Crippen molar-refractivity contribution in [3.05, 3.63) is 99.7 Å². The Hall–Kier alpha value is -4.13. The van der Waals surface area contributed by atoms with Crippen LogP contribution < -0.4 is 5.69 Å². The lowest BCUT2D eigenvalue weighted by atomic mass is 10.0. The van der Waals surface area contributed by atoms with Crippen molar-refractivity contribution in [2.24, 2.45) is 7.05 Å². The van der Waals surface area contributed by atoms with Crippen LogP contribution in [0.25, 0.3) is 22.1 Å². The van der Waals surface area contributed by atoms with E-state index in [0.29, 0.717) is 12.2 Å². The molecular weight excluding hydrogens is 452 g/mol. The summed E-state index contributed by atoms with van der Waals surface area (Å²) in [6, 6.07) is 19.2. The van der Waals surface area contributed by atoms with E-state index >= 15 is 0 Å². The zero-order valence-corrected chi connectivity index (χ0v) is 21.1. The van der Waals surface area contributed by atoms with Gasteiger partial charge in [0.25, 0.3) is 0 Å². The third kappa shape index (κ3) is 4.11. The minimum absolute atomic E-state index is 0.0415. The third-order valence-electron chi connectivity index (χ3n) is 6.74. The number of hydrogen-bond donors (Lipinski definition) is 0. The average molecular weight is 483 g/mol. The molecule has 0 amide bonds. The zero-order chi connectivity index (χ0) is 25.4. The molecule has 3 heterocycles. The van der Waals surface area contributed by atoms with Crippen LogP contribution in [0, 0.1) is 13.8 Å². The molecule has 0 N–H and O–H groups in total. The lowest BCUT2D eigenvalue weighted by molar-refractivity contribution is -0.143. The van der Waals surface area contributed by atoms with E-state index < -0.39 is 6.04 Å². The van der Waals surface area contributed by atoms with E-state index in [-0.39, 0.29) is 24.7 Å². The number of ether oxygens (including phenoxy) is 1. The van der Waals surface area contributed by atoms with Crippen LogP contribution in [0.3, 0.4) is 0 Å². The van der Waals surface area contributed by atoms with Gasteiger partial charge < -0.3 is 9.30 Å². The highest BCUT2D eigenvalue weighted by Gasteiger charge is 2.26. The monoisotopic (exact) mass is 482 g/mol. The topological polar surface area (TPSA) is 71.0 Å². The Morgan fingerprint density at radius 2 is 1.78 bits per heavy atom. The van der Waals surface area contributed by atoms with E-state index in [2.05, 4.69) is 29.8 Å². The van der Waals surface area contributed by atoms with Gasteiger partial charge in [0.05, 0.1) is 31.1 Å². The summed E-state index contributed by atoms with van der Waals surface area (Å²) in [5.41, 5.74) is 6.11. The molecule has 5 aromatic rings. The van der Waals surface area contributed by atoms with E-state index in [1.807, 2.05) is 62.5 Å². The van der Waals surface area contributed by atoms with Crippen molar-refractivity contribution in [3.63, 3.8) is 0 Å². The molecule has 0 fully saturated rings. The van der Waals surface area contributed by atoms with Crippen LogP contribution in [0.1, 0.15) is 41.8 Å². The largest absolute Gasteiger partial charge is 0.466 e. The Morgan fingerprint density at radius 3 is 2.53 bits per heavy atom. The molecule has 184 valence electrons. The molecule has 0 aliphatic carbocycles. The molecule has 7 nitrogen and oxygen atoms in total. The van der Waals surface area contributed by atoms with Crippen molar-refractivity contribution < 1.29 is 9.53 Å². The van der Waals surface area contributed by atoms with Gasteiger partial charge in [-0.25, -0.2) is 9.78 Å². The Bertz CT molecular complexity index is 1630. The minimum atomic E-state index is -0.537. The highest BCUT2D eigenvalue weighted by Crippen LogP contribution is 2.28. The average Bonchev–Trinajstić information content (AvgIpc) is 3.32. The smallest absolute Gasteiger partial charge is 0.331 e. The minimum Gasteiger partial charge on any atom is -0.466 e. The first-order chi connectivity index (χ1) is 17.4. The van der Waals surface area contributed by atoms with Crippen molar-refractivity contribution in [1.82, 2.24) is 18.7 Å². The summed E-state index contributed by atoms with van der Waals surface area (Å²) in [5, 5.41) is 1.15. The summed E-state index contributed by atoms with van der Waals surface area (Å²) < 4.78 is 10.8. The van der Waals surface area contributed by atoms with Gasteiger partial charge in [0.2, 0.25) is 0 Å². The molecule has 0 aliphatic rings. The van der Waals surface area contributed by atoms with Gasteiger partial charge in [0.15, 0.2) is 5.65 Å². The molecule has 0 spiro atoms. The van der Waals surface area contributed by atoms with Gasteiger partial charge in [-0.05, 0) is 55.7 Å². The number of benzene rings is 2. The van der Waals surface area contributed by atoms with Crippen molar-refractivity contribution in [1.29, 1.82) is 0 Å². The fraction of sp³-hybridized carbons (Fsp3) is 0.276. The highest BCUT2D eigenvalue weighted by molar-refractivity contribution is 5.87. The molecule has 0 bridgehead atoms. The molecule has 2 aromatic carbocycles. The maximum Gasteiger partial charge on any atom is 0.331 e. The summed E-state index contributed by atoms with van der Waals surface area (Å²) >= 11 is 0. The Labute approximate surface area is 209 Å². The van der Waals surface area contributed by atoms with Crippen LogP contribution in [-0.4, -0.2) is 31.3 Å². The molecule has 7 heteroatoms. The third-order valence-corrected chi connectivity index (χ3v) is 6.74. The van der Waals surface area contributed by atoms with Crippen LogP contribution in [0.4, 0.5) is 0 Å². The number of hydrogen-bond acceptors (Lipinski definition) is 4. The van der Waals surface area contributed by atoms with E-state index in [9.17, 15) is 9.59 Å². The number of carbonyl (C=O) groups is 1. The molecular formula is C29H30N4O3. The summed E-state index contributed by atoms with van der Waals surface area (Å²) in [5.74, 6) is -0.350. The van der Waals surface area contributed by atoms with Crippen LogP contribution in [0.5, 0.6) is 0 Å². The van der Waals surface area contributed by atoms with Gasteiger partial charge in [-0.2, -0.15) is 0 Å². The number of pyridine rings is 1. The fourth-order valence-corrected chi connectivity index (χ4v) is 5.11. The fourth-order valence-electron chi connectivity index (χ4n) is 5.11. The zero-order valence-electron chi connectivity index (χ0n) is 21.1. The lowest BCUT2D eigenvalue weighted by Gasteiger charge is -2.18. The maximum atomic E-state index is 14.1. The summed E-state index contributed by atoms with van der Waals surface area (Å²) in [7, 11) is 2.02. The van der Waals surface area contributed by atoms with Crippen LogP contribution in [0.15, 0.2) is 71.7 Å². The van der Waals surface area contributed by atoms with Crippen molar-refractivity contribution in [3.8, 4) is 0 Å². The van der Waals surface area contributed by atoms with Crippen LogP contribution in [-0.2, 0) is 23.1 Å². The second-order valence-corrected chi connectivity index (χ2v) is 9.20. The molecule has 0 saturated heterocycles. The summed E-state index contributed by atoms with van der Waals surface area (Å²) in [4.78, 5) is 31.5. The van der Waals surface area contributed by atoms with E-state index in [1.54, 1.807) is 16.1 Å². The molecule has 5 rings (SSSR count). The van der Waals surface area contributed by atoms with Crippen molar-refractivity contribution in [2.45, 2.75) is 39.8 Å². The predicted octanol–water partition coefficient (Wildman–Crippen LogP) is 4.90. The summed E-state index contributed by atoms with van der Waals surface area (Å²) in [6.45, 7) is 6.46. The number of fused-ring (bicyclic) bond motifs is 2. The molecule has 36 heavy (non-hydrogen) atoms. The molecule has 3 aromatic heterocycles. The Balaban J connectivity index is 1.72. The Kier molecular flexibility index (Phi) is 6.22. The summed E-state index contributed by atoms with van der Waals surface area (Å²) in [6.07, 6.45) is 2.13. The number of carbonyl (C=O) groups excluding carboxylic acids is 1. The Morgan fingerprint density at radius 1 is 1.00 bits per heavy atom. The standard InChI is InChI=1S/C29H30N4O3/c1-5-36-26(34)16-25(21-11-7-6-8-12-21)33-28-24(15-14-20(3)30-28)32(29(33)35)18-22-17-31(4)23-13-9-10-19(2)27(22)23/h6-15,17,25H,5,16,18H2,1-4H3/t25-/m1/s1. The lowest BCUT2D eigenvalue weighted by Crippen LogP contribution is -2.30. The molecule has 0 saturated carbocycles. The van der Waals surface area contributed by atoms with E-state index in [1.165, 1.54) is 5.56 Å². The first-order valence-corrected chi connectivity index (χ1v) is 12.2. The van der Waals surface area contributed by atoms with Gasteiger partial charge in [-0.1, -0.05) is 42.5 Å².